The Bertz CT molecular complexity index is 395. The van der Waals surface area contributed by atoms with E-state index in [-0.39, 0.29) is 11.0 Å². The van der Waals surface area contributed by atoms with Gasteiger partial charge < -0.3 is 10.1 Å². The van der Waals surface area contributed by atoms with Crippen molar-refractivity contribution < 1.29 is 4.74 Å². The zero-order valence-electron chi connectivity index (χ0n) is 13.3. The maximum absolute atomic E-state index is 5.45. The zero-order chi connectivity index (χ0) is 14.7. The van der Waals surface area contributed by atoms with Gasteiger partial charge >= 0.3 is 0 Å². The molecule has 19 heavy (non-hydrogen) atoms. The summed E-state index contributed by atoms with van der Waals surface area (Å²) in [5.41, 5.74) is 1.09. The molecule has 0 saturated carbocycles. The molecule has 0 radical (unpaired) electrons. The molecule has 1 aromatic heterocycles. The van der Waals surface area contributed by atoms with E-state index in [1.54, 1.807) is 18.4 Å². The number of rotatable bonds is 6. The molecule has 0 bridgehead atoms. The maximum Gasteiger partial charge on any atom is 0.115 e. The van der Waals surface area contributed by atoms with Gasteiger partial charge in [-0.2, -0.15) is 0 Å². The predicted molar refractivity (Wildman–Crippen MR) is 82.9 cm³/mol. The normalized spacial score (nSPS) is 15.8. The summed E-state index contributed by atoms with van der Waals surface area (Å²) in [5, 5.41) is 6.96. The summed E-state index contributed by atoms with van der Waals surface area (Å²) in [6.45, 7) is 13.8. The first-order valence-corrected chi connectivity index (χ1v) is 7.86. The summed E-state index contributed by atoms with van der Waals surface area (Å²) in [7, 11) is 1.75. The second-order valence-electron chi connectivity index (χ2n) is 6.46. The van der Waals surface area contributed by atoms with Gasteiger partial charge in [-0.05, 0) is 20.3 Å². The van der Waals surface area contributed by atoms with Gasteiger partial charge in [-0.1, -0.05) is 27.7 Å². The number of hydrogen-bond acceptors (Lipinski definition) is 4. The molecule has 0 aliphatic rings. The predicted octanol–water partition coefficient (Wildman–Crippen LogP) is 3.69. The van der Waals surface area contributed by atoms with Crippen molar-refractivity contribution in [3.05, 3.63) is 16.1 Å². The van der Waals surface area contributed by atoms with Gasteiger partial charge in [0, 0.05) is 23.9 Å². The van der Waals surface area contributed by atoms with Gasteiger partial charge in [0.1, 0.15) is 5.01 Å². The van der Waals surface area contributed by atoms with Crippen molar-refractivity contribution in [1.82, 2.24) is 10.3 Å². The average molecular weight is 284 g/mol. The third-order valence-electron chi connectivity index (χ3n) is 3.24. The summed E-state index contributed by atoms with van der Waals surface area (Å²) < 4.78 is 5.45. The largest absolute Gasteiger partial charge is 0.382 e. The Morgan fingerprint density at radius 1 is 1.37 bits per heavy atom. The number of nitrogens with one attached hydrogen (secondary N) is 1. The molecule has 0 saturated heterocycles. The minimum atomic E-state index is -0.170. The van der Waals surface area contributed by atoms with Crippen LogP contribution >= 0.6 is 11.3 Å². The summed E-state index contributed by atoms with van der Waals surface area (Å²) >= 11 is 1.74. The van der Waals surface area contributed by atoms with Crippen molar-refractivity contribution >= 4 is 11.3 Å². The van der Waals surface area contributed by atoms with Crippen LogP contribution in [0.1, 0.15) is 58.7 Å². The van der Waals surface area contributed by atoms with Crippen molar-refractivity contribution in [2.24, 2.45) is 0 Å². The first-order valence-electron chi connectivity index (χ1n) is 6.98. The highest BCUT2D eigenvalue weighted by Crippen LogP contribution is 2.32. The lowest BCUT2D eigenvalue weighted by Gasteiger charge is -2.33. The van der Waals surface area contributed by atoms with Crippen LogP contribution in [0.25, 0.3) is 0 Å². The third-order valence-corrected chi connectivity index (χ3v) is 4.29. The van der Waals surface area contributed by atoms with Crippen LogP contribution in [0, 0.1) is 0 Å². The van der Waals surface area contributed by atoms with Crippen LogP contribution in [-0.2, 0) is 15.7 Å². The summed E-state index contributed by atoms with van der Waals surface area (Å²) in [6, 6.07) is 0.400. The minimum absolute atomic E-state index is 0.0964. The molecule has 1 N–H and O–H groups in total. The first-order chi connectivity index (χ1) is 8.75. The highest BCUT2D eigenvalue weighted by Gasteiger charge is 2.35. The molecule has 1 rings (SSSR count). The molecular weight excluding hydrogens is 256 g/mol. The molecule has 1 aromatic rings. The van der Waals surface area contributed by atoms with Gasteiger partial charge in [0.2, 0.25) is 0 Å². The van der Waals surface area contributed by atoms with E-state index in [1.807, 2.05) is 0 Å². The lowest BCUT2D eigenvalue weighted by molar-refractivity contribution is 0.0980. The molecule has 0 amide bonds. The summed E-state index contributed by atoms with van der Waals surface area (Å²) in [4.78, 5) is 4.87. The Kier molecular flexibility index (Phi) is 5.53. The molecule has 3 nitrogen and oxygen atoms in total. The van der Waals surface area contributed by atoms with Crippen molar-refractivity contribution in [2.75, 3.05) is 13.7 Å². The van der Waals surface area contributed by atoms with E-state index in [0.29, 0.717) is 12.6 Å². The standard InChI is InChI=1S/C15H28N2OS/c1-8-15(10-18-7,17-11(2)3)13-16-12(9-19-13)14(4,5)6/h9,11,17H,8,10H2,1-7H3. The monoisotopic (exact) mass is 284 g/mol. The Labute approximate surface area is 121 Å². The summed E-state index contributed by atoms with van der Waals surface area (Å²) in [6.07, 6.45) is 0.968. The molecule has 1 unspecified atom stereocenters. The fourth-order valence-corrected chi connectivity index (χ4v) is 3.43. The van der Waals surface area contributed by atoms with E-state index < -0.39 is 0 Å². The quantitative estimate of drug-likeness (QED) is 0.865. The van der Waals surface area contributed by atoms with Gasteiger partial charge in [0.15, 0.2) is 0 Å². The van der Waals surface area contributed by atoms with Crippen molar-refractivity contribution in [1.29, 1.82) is 0 Å². The van der Waals surface area contributed by atoms with E-state index in [0.717, 1.165) is 17.1 Å². The highest BCUT2D eigenvalue weighted by atomic mass is 32.1. The van der Waals surface area contributed by atoms with Crippen molar-refractivity contribution in [2.45, 2.75) is 65.0 Å². The fraction of sp³-hybridized carbons (Fsp3) is 0.800. The van der Waals surface area contributed by atoms with Crippen LogP contribution in [0.4, 0.5) is 0 Å². The SMILES string of the molecule is CCC(COC)(NC(C)C)c1nc(C(C)(C)C)cs1. The number of thiazole rings is 1. The molecule has 110 valence electrons. The van der Waals surface area contributed by atoms with Crippen molar-refractivity contribution in [3.63, 3.8) is 0 Å². The number of ether oxygens (including phenoxy) is 1. The molecule has 0 aliphatic carbocycles. The van der Waals surface area contributed by atoms with Crippen LogP contribution < -0.4 is 5.32 Å². The molecule has 0 aliphatic heterocycles. The Balaban J connectivity index is 3.13. The van der Waals surface area contributed by atoms with Gasteiger partial charge in [-0.25, -0.2) is 4.98 Å². The lowest BCUT2D eigenvalue weighted by Crippen LogP contribution is -2.49. The van der Waals surface area contributed by atoms with E-state index in [9.17, 15) is 0 Å². The number of nitrogens with zero attached hydrogens (tertiary/aromatic N) is 1. The van der Waals surface area contributed by atoms with Crippen LogP contribution in [-0.4, -0.2) is 24.7 Å². The van der Waals surface area contributed by atoms with E-state index in [2.05, 4.69) is 52.2 Å². The molecule has 0 fully saturated rings. The highest BCUT2D eigenvalue weighted by molar-refractivity contribution is 7.09. The number of hydrogen-bond donors (Lipinski definition) is 1. The van der Waals surface area contributed by atoms with E-state index in [1.165, 1.54) is 0 Å². The van der Waals surface area contributed by atoms with Crippen LogP contribution in [0.2, 0.25) is 0 Å². The van der Waals surface area contributed by atoms with Crippen LogP contribution in [0.15, 0.2) is 5.38 Å². The topological polar surface area (TPSA) is 34.1 Å². The van der Waals surface area contributed by atoms with Crippen LogP contribution in [0.5, 0.6) is 0 Å². The summed E-state index contributed by atoms with van der Waals surface area (Å²) in [5.74, 6) is 0. The van der Waals surface area contributed by atoms with E-state index >= 15 is 0 Å². The van der Waals surface area contributed by atoms with Crippen molar-refractivity contribution in [3.8, 4) is 0 Å². The molecule has 4 heteroatoms. The number of methoxy groups -OCH3 is 1. The molecule has 1 atom stereocenters. The smallest absolute Gasteiger partial charge is 0.115 e. The first kappa shape index (κ1) is 16.6. The Morgan fingerprint density at radius 2 is 2.00 bits per heavy atom. The molecule has 0 aromatic carbocycles. The third kappa shape index (κ3) is 4.01. The second kappa shape index (κ2) is 6.33. The second-order valence-corrected chi connectivity index (χ2v) is 7.31. The lowest BCUT2D eigenvalue weighted by atomic mass is 9.92. The molecule has 0 spiro atoms. The van der Waals surface area contributed by atoms with Gasteiger partial charge in [0.25, 0.3) is 0 Å². The van der Waals surface area contributed by atoms with Gasteiger partial charge in [0.05, 0.1) is 17.8 Å². The van der Waals surface area contributed by atoms with Gasteiger partial charge in [-0.15, -0.1) is 11.3 Å². The zero-order valence-corrected chi connectivity index (χ0v) is 14.1. The van der Waals surface area contributed by atoms with Gasteiger partial charge in [-0.3, -0.25) is 0 Å². The Hall–Kier alpha value is -0.450. The number of aromatic nitrogens is 1. The average Bonchev–Trinajstić information content (AvgIpc) is 2.76. The van der Waals surface area contributed by atoms with Crippen LogP contribution in [0.3, 0.4) is 0 Å². The van der Waals surface area contributed by atoms with E-state index in [4.69, 9.17) is 9.72 Å². The molecular formula is C15H28N2OS. The fourth-order valence-electron chi connectivity index (χ4n) is 2.16. The maximum atomic E-state index is 5.45. The minimum Gasteiger partial charge on any atom is -0.382 e. The Morgan fingerprint density at radius 3 is 2.37 bits per heavy atom. The molecule has 1 heterocycles.